The van der Waals surface area contributed by atoms with Gasteiger partial charge in [-0.25, -0.2) is 0 Å². The third-order valence-corrected chi connectivity index (χ3v) is 3.30. The highest BCUT2D eigenvalue weighted by molar-refractivity contribution is 5.56. The van der Waals surface area contributed by atoms with Crippen molar-refractivity contribution >= 4 is 5.69 Å². The number of nitrogens with one attached hydrogen (secondary N) is 1. The quantitative estimate of drug-likeness (QED) is 0.756. The second-order valence-corrected chi connectivity index (χ2v) is 4.47. The van der Waals surface area contributed by atoms with Crippen molar-refractivity contribution in [3.05, 3.63) is 29.3 Å². The van der Waals surface area contributed by atoms with Crippen molar-refractivity contribution in [2.24, 2.45) is 0 Å². The summed E-state index contributed by atoms with van der Waals surface area (Å²) in [6.45, 7) is 3.33. The predicted octanol–water partition coefficient (Wildman–Crippen LogP) is 2.49. The molecule has 1 aromatic rings. The Balaban J connectivity index is 2.46. The maximum Gasteiger partial charge on any atom is 0.0412 e. The van der Waals surface area contributed by atoms with Crippen LogP contribution in [0.3, 0.4) is 0 Å². The van der Waals surface area contributed by atoms with E-state index in [-0.39, 0.29) is 0 Å². The third kappa shape index (κ3) is 2.00. The summed E-state index contributed by atoms with van der Waals surface area (Å²) in [7, 11) is 4.24. The summed E-state index contributed by atoms with van der Waals surface area (Å²) in [6.07, 6.45) is 2.49. The van der Waals surface area contributed by atoms with Gasteiger partial charge in [-0.3, -0.25) is 0 Å². The molecule has 0 saturated heterocycles. The highest BCUT2D eigenvalue weighted by atomic mass is 15.1. The van der Waals surface area contributed by atoms with Gasteiger partial charge in [0.25, 0.3) is 0 Å². The molecule has 0 aromatic heterocycles. The molecule has 1 heterocycles. The van der Waals surface area contributed by atoms with E-state index >= 15 is 0 Å². The number of nitrogens with zero attached hydrogens (tertiary/aromatic N) is 1. The fraction of sp³-hybridized carbons (Fsp3) is 0.538. The first-order valence-electron chi connectivity index (χ1n) is 5.71. The molecule has 0 radical (unpaired) electrons. The molecule has 1 N–H and O–H groups in total. The van der Waals surface area contributed by atoms with E-state index in [1.165, 1.54) is 29.7 Å². The minimum absolute atomic E-state index is 0.518. The molecule has 0 amide bonds. The lowest BCUT2D eigenvalue weighted by Gasteiger charge is -2.21. The minimum Gasteiger partial charge on any atom is -0.374 e. The Kier molecular flexibility index (Phi) is 2.96. The molecule has 1 aliphatic rings. The molecule has 0 aliphatic carbocycles. The number of aryl methyl sites for hydroxylation is 1. The van der Waals surface area contributed by atoms with Gasteiger partial charge >= 0.3 is 0 Å². The molecule has 82 valence electrons. The molecule has 0 bridgehead atoms. The van der Waals surface area contributed by atoms with Gasteiger partial charge in [0.2, 0.25) is 0 Å². The fourth-order valence-electron chi connectivity index (χ4n) is 2.41. The average Bonchev–Trinajstić information content (AvgIpc) is 2.38. The van der Waals surface area contributed by atoms with Gasteiger partial charge < -0.3 is 10.2 Å². The Labute approximate surface area is 92.3 Å². The molecule has 1 aromatic carbocycles. The Hall–Kier alpha value is -1.02. The summed E-state index contributed by atoms with van der Waals surface area (Å²) >= 11 is 0. The van der Waals surface area contributed by atoms with Crippen LogP contribution in [0.25, 0.3) is 0 Å². The van der Waals surface area contributed by atoms with Crippen LogP contribution in [0.5, 0.6) is 0 Å². The summed E-state index contributed by atoms with van der Waals surface area (Å²) in [5.74, 6) is 0. The number of benzene rings is 1. The zero-order chi connectivity index (χ0) is 10.8. The smallest absolute Gasteiger partial charge is 0.0412 e. The first kappa shape index (κ1) is 10.5. The minimum atomic E-state index is 0.518. The topological polar surface area (TPSA) is 15.3 Å². The molecule has 2 nitrogen and oxygen atoms in total. The lowest BCUT2D eigenvalue weighted by Crippen LogP contribution is -2.18. The van der Waals surface area contributed by atoms with Crippen molar-refractivity contribution in [2.45, 2.75) is 25.8 Å². The standard InChI is InChI=1S/C13H20N2/c1-10-6-7-13-11(9-10)12(14-2)5-4-8-15(13)3/h6-7,9,12,14H,4-5,8H2,1-3H3. The zero-order valence-electron chi connectivity index (χ0n) is 9.88. The van der Waals surface area contributed by atoms with Gasteiger partial charge in [-0.15, -0.1) is 0 Å². The van der Waals surface area contributed by atoms with E-state index in [4.69, 9.17) is 0 Å². The normalized spacial score (nSPS) is 21.0. The molecule has 0 fully saturated rings. The molecule has 15 heavy (non-hydrogen) atoms. The number of rotatable bonds is 1. The van der Waals surface area contributed by atoms with E-state index < -0.39 is 0 Å². The first-order chi connectivity index (χ1) is 7.22. The summed E-state index contributed by atoms with van der Waals surface area (Å²) in [5.41, 5.74) is 4.19. The van der Waals surface area contributed by atoms with E-state index in [2.05, 4.69) is 49.4 Å². The van der Waals surface area contributed by atoms with Crippen molar-refractivity contribution in [2.75, 3.05) is 25.5 Å². The van der Waals surface area contributed by atoms with Gasteiger partial charge in [0.15, 0.2) is 0 Å². The summed E-state index contributed by atoms with van der Waals surface area (Å²) in [4.78, 5) is 2.37. The number of hydrogen-bond donors (Lipinski definition) is 1. The number of anilines is 1. The predicted molar refractivity (Wildman–Crippen MR) is 65.5 cm³/mol. The van der Waals surface area contributed by atoms with E-state index in [1.807, 2.05) is 0 Å². The molecule has 2 rings (SSSR count). The maximum atomic E-state index is 3.42. The zero-order valence-corrected chi connectivity index (χ0v) is 9.88. The summed E-state index contributed by atoms with van der Waals surface area (Å²) < 4.78 is 0. The van der Waals surface area contributed by atoms with Crippen molar-refractivity contribution in [3.8, 4) is 0 Å². The second-order valence-electron chi connectivity index (χ2n) is 4.47. The van der Waals surface area contributed by atoms with Crippen LogP contribution in [0.4, 0.5) is 5.69 Å². The Morgan fingerprint density at radius 3 is 2.93 bits per heavy atom. The van der Waals surface area contributed by atoms with Crippen molar-refractivity contribution in [1.29, 1.82) is 0 Å². The van der Waals surface area contributed by atoms with Crippen LogP contribution in [-0.4, -0.2) is 20.6 Å². The Bertz CT molecular complexity index is 346. The van der Waals surface area contributed by atoms with Gasteiger partial charge in [0.1, 0.15) is 0 Å². The third-order valence-electron chi connectivity index (χ3n) is 3.30. The number of hydrogen-bond acceptors (Lipinski definition) is 2. The van der Waals surface area contributed by atoms with Crippen LogP contribution in [0, 0.1) is 6.92 Å². The molecule has 0 saturated carbocycles. The van der Waals surface area contributed by atoms with Crippen LogP contribution in [-0.2, 0) is 0 Å². The summed E-state index contributed by atoms with van der Waals surface area (Å²) in [5, 5.41) is 3.42. The van der Waals surface area contributed by atoms with Crippen LogP contribution in [0.2, 0.25) is 0 Å². The molecule has 1 aliphatic heterocycles. The highest BCUT2D eigenvalue weighted by Crippen LogP contribution is 2.32. The van der Waals surface area contributed by atoms with Crippen LogP contribution in [0.1, 0.15) is 30.0 Å². The second kappa shape index (κ2) is 4.23. The van der Waals surface area contributed by atoms with Crippen LogP contribution in [0.15, 0.2) is 18.2 Å². The first-order valence-corrected chi connectivity index (χ1v) is 5.71. The maximum absolute atomic E-state index is 3.42. The lowest BCUT2D eigenvalue weighted by atomic mass is 10.00. The fourth-order valence-corrected chi connectivity index (χ4v) is 2.41. The Morgan fingerprint density at radius 2 is 2.20 bits per heavy atom. The molecular weight excluding hydrogens is 184 g/mol. The highest BCUT2D eigenvalue weighted by Gasteiger charge is 2.19. The molecule has 2 heteroatoms. The van der Waals surface area contributed by atoms with Crippen molar-refractivity contribution in [1.82, 2.24) is 5.32 Å². The van der Waals surface area contributed by atoms with Gasteiger partial charge in [-0.2, -0.15) is 0 Å². The molecular formula is C13H20N2. The number of fused-ring (bicyclic) bond motifs is 1. The van der Waals surface area contributed by atoms with Gasteiger partial charge in [-0.05, 0) is 38.4 Å². The van der Waals surface area contributed by atoms with E-state index in [0.717, 1.165) is 6.54 Å². The van der Waals surface area contributed by atoms with Gasteiger partial charge in [0, 0.05) is 25.3 Å². The van der Waals surface area contributed by atoms with Gasteiger partial charge in [0.05, 0.1) is 0 Å². The van der Waals surface area contributed by atoms with Crippen molar-refractivity contribution in [3.63, 3.8) is 0 Å². The van der Waals surface area contributed by atoms with E-state index in [0.29, 0.717) is 6.04 Å². The SMILES string of the molecule is CNC1CCCN(C)c2ccc(C)cc21. The van der Waals surface area contributed by atoms with E-state index in [1.54, 1.807) is 0 Å². The van der Waals surface area contributed by atoms with Crippen LogP contribution >= 0.6 is 0 Å². The monoisotopic (exact) mass is 204 g/mol. The van der Waals surface area contributed by atoms with Crippen LogP contribution < -0.4 is 10.2 Å². The van der Waals surface area contributed by atoms with Gasteiger partial charge in [-0.1, -0.05) is 17.7 Å². The molecule has 1 atom stereocenters. The molecule has 0 spiro atoms. The average molecular weight is 204 g/mol. The van der Waals surface area contributed by atoms with E-state index in [9.17, 15) is 0 Å². The van der Waals surface area contributed by atoms with Crippen molar-refractivity contribution < 1.29 is 0 Å². The summed E-state index contributed by atoms with van der Waals surface area (Å²) in [6, 6.07) is 7.29. The largest absolute Gasteiger partial charge is 0.374 e. The lowest BCUT2D eigenvalue weighted by molar-refractivity contribution is 0.543. The molecule has 1 unspecified atom stereocenters. The Morgan fingerprint density at radius 1 is 1.40 bits per heavy atom.